The largest absolute Gasteiger partial charge is 0.246 e. The Morgan fingerprint density at radius 2 is 0.683 bits per heavy atom. The van der Waals surface area contributed by atoms with E-state index in [0.29, 0.717) is 23.7 Å². The third-order valence-electron chi connectivity index (χ3n) is 12.6. The molecular formula is C56H62N4. The van der Waals surface area contributed by atoms with Crippen molar-refractivity contribution in [2.24, 2.45) is 20.2 Å². The number of azo groups is 1. The summed E-state index contributed by atoms with van der Waals surface area (Å²) >= 11 is 0. The molecule has 8 rings (SSSR count). The zero-order chi connectivity index (χ0) is 41.9. The minimum absolute atomic E-state index is 0.336. The van der Waals surface area contributed by atoms with Gasteiger partial charge in [-0.25, -0.2) is 9.98 Å². The first kappa shape index (κ1) is 41.3. The van der Waals surface area contributed by atoms with Gasteiger partial charge in [-0.1, -0.05) is 140 Å². The number of hydrogen-bond donors (Lipinski definition) is 0. The second kappa shape index (κ2) is 18.0. The van der Waals surface area contributed by atoms with Crippen molar-refractivity contribution in [2.75, 3.05) is 0 Å². The highest BCUT2D eigenvalue weighted by atomic mass is 15.1. The molecule has 1 heterocycles. The lowest BCUT2D eigenvalue weighted by Gasteiger charge is -2.15. The quantitative estimate of drug-likeness (QED) is 0.171. The first-order chi connectivity index (χ1) is 29.0. The zero-order valence-electron chi connectivity index (χ0n) is 37.1. The molecule has 6 aromatic carbocycles. The molecule has 4 heteroatoms. The molecule has 0 saturated heterocycles. The molecule has 0 fully saturated rings. The van der Waals surface area contributed by atoms with Gasteiger partial charge in [-0.2, -0.15) is 10.2 Å². The summed E-state index contributed by atoms with van der Waals surface area (Å²) in [7, 11) is 0. The maximum atomic E-state index is 5.65. The van der Waals surface area contributed by atoms with Crippen LogP contribution in [-0.2, 0) is 25.7 Å². The summed E-state index contributed by atoms with van der Waals surface area (Å²) in [6.07, 6.45) is 8.40. The molecule has 1 aliphatic heterocycles. The van der Waals surface area contributed by atoms with Crippen LogP contribution in [0, 0.1) is 0 Å². The van der Waals surface area contributed by atoms with Crippen LogP contribution in [0.1, 0.15) is 160 Å². The average molecular weight is 791 g/mol. The minimum atomic E-state index is 0.336. The van der Waals surface area contributed by atoms with E-state index < -0.39 is 0 Å². The van der Waals surface area contributed by atoms with E-state index in [1.54, 1.807) is 0 Å². The Balaban J connectivity index is 1.23. The summed E-state index contributed by atoms with van der Waals surface area (Å²) in [5.74, 6) is 1.40. The fourth-order valence-electron chi connectivity index (χ4n) is 9.18. The highest BCUT2D eigenvalue weighted by Gasteiger charge is 2.28. The van der Waals surface area contributed by atoms with Gasteiger partial charge in [-0.15, -0.1) is 0 Å². The Kier molecular flexibility index (Phi) is 12.4. The monoisotopic (exact) mass is 790 g/mol. The number of hydrogen-bond acceptors (Lipinski definition) is 4. The van der Waals surface area contributed by atoms with E-state index in [1.165, 1.54) is 66.4 Å². The topological polar surface area (TPSA) is 49.4 Å². The van der Waals surface area contributed by atoms with E-state index >= 15 is 0 Å². The van der Waals surface area contributed by atoms with Gasteiger partial charge in [0.2, 0.25) is 0 Å². The van der Waals surface area contributed by atoms with E-state index in [-0.39, 0.29) is 0 Å². The lowest BCUT2D eigenvalue weighted by Crippen LogP contribution is -2.11. The van der Waals surface area contributed by atoms with Gasteiger partial charge in [-0.3, -0.25) is 0 Å². The van der Waals surface area contributed by atoms with E-state index in [1.807, 2.05) is 0 Å². The van der Waals surface area contributed by atoms with Crippen LogP contribution in [0.25, 0.3) is 10.8 Å². The second-order valence-electron chi connectivity index (χ2n) is 18.4. The number of aliphatic imine (C=N–C) groups is 2. The molecule has 4 nitrogen and oxygen atoms in total. The molecule has 2 aliphatic rings. The van der Waals surface area contributed by atoms with Gasteiger partial charge in [0.25, 0.3) is 0 Å². The normalized spacial score (nSPS) is 14.9. The number of benzene rings is 6. The molecule has 0 atom stereocenters. The van der Waals surface area contributed by atoms with Crippen LogP contribution in [0.4, 0.5) is 22.7 Å². The van der Waals surface area contributed by atoms with Crippen LogP contribution in [-0.4, -0.2) is 11.4 Å². The van der Waals surface area contributed by atoms with E-state index in [2.05, 4.69) is 165 Å². The molecule has 8 bridgehead atoms. The highest BCUT2D eigenvalue weighted by molar-refractivity contribution is 6.61. The van der Waals surface area contributed by atoms with Crippen LogP contribution < -0.4 is 0 Å². The van der Waals surface area contributed by atoms with Gasteiger partial charge < -0.3 is 0 Å². The summed E-state index contributed by atoms with van der Waals surface area (Å²) in [6.45, 7) is 18.1. The lowest BCUT2D eigenvalue weighted by atomic mass is 9.95. The van der Waals surface area contributed by atoms with Crippen molar-refractivity contribution in [1.29, 1.82) is 0 Å². The fraction of sp³-hybridized carbons (Fsp3) is 0.357. The molecule has 0 N–H and O–H groups in total. The molecule has 0 spiro atoms. The highest BCUT2D eigenvalue weighted by Crippen LogP contribution is 2.39. The number of aryl methyl sites for hydroxylation is 4. The average Bonchev–Trinajstić information content (AvgIpc) is 3.52. The van der Waals surface area contributed by atoms with Crippen LogP contribution in [0.15, 0.2) is 129 Å². The summed E-state index contributed by atoms with van der Waals surface area (Å²) in [5.41, 5.74) is 18.7. The summed E-state index contributed by atoms with van der Waals surface area (Å²) in [5, 5.41) is 12.5. The first-order valence-electron chi connectivity index (χ1n) is 22.7. The van der Waals surface area contributed by atoms with E-state index in [4.69, 9.17) is 20.2 Å². The molecule has 0 amide bonds. The molecule has 0 radical (unpaired) electrons. The number of rotatable bonds is 4. The van der Waals surface area contributed by atoms with E-state index in [0.717, 1.165) is 85.5 Å². The maximum absolute atomic E-state index is 5.65. The predicted molar refractivity (Wildman–Crippen MR) is 256 cm³/mol. The van der Waals surface area contributed by atoms with Crippen molar-refractivity contribution in [3.8, 4) is 0 Å². The summed E-state index contributed by atoms with van der Waals surface area (Å²) < 4.78 is 0. The van der Waals surface area contributed by atoms with Gasteiger partial charge in [0, 0.05) is 16.5 Å². The zero-order valence-corrected chi connectivity index (χ0v) is 37.1. The smallest absolute Gasteiger partial charge is 0.0978 e. The number of fused-ring (bicyclic) bond motifs is 11. The summed E-state index contributed by atoms with van der Waals surface area (Å²) in [4.78, 5) is 11.3. The van der Waals surface area contributed by atoms with Crippen LogP contribution >= 0.6 is 0 Å². The van der Waals surface area contributed by atoms with Crippen molar-refractivity contribution in [3.05, 3.63) is 165 Å². The van der Waals surface area contributed by atoms with Gasteiger partial charge in [0.05, 0.1) is 34.2 Å². The Morgan fingerprint density at radius 3 is 1.02 bits per heavy atom. The van der Waals surface area contributed by atoms with Gasteiger partial charge >= 0.3 is 0 Å². The molecule has 0 aromatic heterocycles. The Bertz CT molecular complexity index is 2440. The molecule has 6 aromatic rings. The molecule has 1 aliphatic carbocycles. The van der Waals surface area contributed by atoms with Crippen molar-refractivity contribution < 1.29 is 0 Å². The van der Waals surface area contributed by atoms with Gasteiger partial charge in [-0.05, 0) is 149 Å². The van der Waals surface area contributed by atoms with E-state index in [9.17, 15) is 0 Å². The van der Waals surface area contributed by atoms with Gasteiger partial charge in [0.15, 0.2) is 0 Å². The molecule has 60 heavy (non-hydrogen) atoms. The lowest BCUT2D eigenvalue weighted by molar-refractivity contribution is 0.732. The first-order valence-corrected chi connectivity index (χ1v) is 22.7. The van der Waals surface area contributed by atoms with Gasteiger partial charge in [0.1, 0.15) is 0 Å². The molecule has 0 unspecified atom stereocenters. The third-order valence-corrected chi connectivity index (χ3v) is 12.6. The molecule has 306 valence electrons. The van der Waals surface area contributed by atoms with Crippen LogP contribution in [0.3, 0.4) is 0 Å². The fourth-order valence-corrected chi connectivity index (χ4v) is 9.18. The van der Waals surface area contributed by atoms with Crippen LogP contribution in [0.5, 0.6) is 0 Å². The molecule has 0 saturated carbocycles. The number of nitrogens with zero attached hydrogens (tertiary/aromatic N) is 4. The second-order valence-corrected chi connectivity index (χ2v) is 18.4. The predicted octanol–water partition coefficient (Wildman–Crippen LogP) is 16.4. The Morgan fingerprint density at radius 1 is 0.367 bits per heavy atom. The Labute approximate surface area is 359 Å². The minimum Gasteiger partial charge on any atom is -0.246 e. The van der Waals surface area contributed by atoms with Crippen molar-refractivity contribution in [1.82, 2.24) is 0 Å². The maximum Gasteiger partial charge on any atom is 0.0978 e. The van der Waals surface area contributed by atoms with Crippen molar-refractivity contribution >= 4 is 44.9 Å². The SMILES string of the molecule is CC(C)c1ccc2cc1N=Nc1cc(ccc1C(C)C)CCCCc1ccc(C(C)C)c(c1)N=C1C(=Nc3cc(ccc3C(C)C)CCCC2)c2cccc3cccc1c23. The van der Waals surface area contributed by atoms with Crippen molar-refractivity contribution in [3.63, 3.8) is 0 Å². The van der Waals surface area contributed by atoms with Crippen molar-refractivity contribution in [2.45, 2.75) is 130 Å². The standard InChI is InChI=1S/C56H62N4/c1-35(2)44-27-23-39-15-9-11-17-41-25-29-46(37(5)6)52(33-41)59-60-53-34-42(26-30-47(53)38(7)8)18-12-10-16-40-24-28-45(36(3)4)51(32-40)58-56-49-22-14-20-43-19-13-21-48(54(43)49)55(56)57-50(44)31-39/h13-14,19-38H,9-12,15-18H2,1-8H3. The molecular weight excluding hydrogens is 729 g/mol. The van der Waals surface area contributed by atoms with Crippen LogP contribution in [0.2, 0.25) is 0 Å². The Hall–Kier alpha value is -5.48. The summed E-state index contributed by atoms with van der Waals surface area (Å²) in [6, 6.07) is 41.0. The third kappa shape index (κ3) is 8.85.